The fourth-order valence-electron chi connectivity index (χ4n) is 3.62. The monoisotopic (exact) mass is 516 g/mol. The fourth-order valence-corrected chi connectivity index (χ4v) is 3.62. The van der Waals surface area contributed by atoms with E-state index in [2.05, 4.69) is 0 Å². The maximum atomic E-state index is 12.3. The molecule has 0 saturated heterocycles. The molecule has 0 amide bonds. The molecule has 0 heterocycles. The highest BCUT2D eigenvalue weighted by molar-refractivity contribution is 5.88. The van der Waals surface area contributed by atoms with E-state index in [-0.39, 0.29) is 11.5 Å². The van der Waals surface area contributed by atoms with Gasteiger partial charge in [-0.15, -0.1) is 0 Å². The van der Waals surface area contributed by atoms with Gasteiger partial charge in [0.25, 0.3) is 0 Å². The van der Waals surface area contributed by atoms with Gasteiger partial charge in [-0.3, -0.25) is 0 Å². The number of aromatic hydroxyl groups is 4. The molecule has 0 aromatic heterocycles. The van der Waals surface area contributed by atoms with Crippen LogP contribution in [0, 0.1) is 0 Å². The van der Waals surface area contributed by atoms with Crippen LogP contribution in [0.3, 0.4) is 0 Å². The SMILES string of the molecule is O=C(/C=C\c1ccc(O)c(O)c1)O[C@@H]1CC(O)(C(=O)O)C[C@H](OC(=O)/C=C/c2ccc(O)c(O)c2)C1O. The molecule has 3 rings (SSSR count). The van der Waals surface area contributed by atoms with Gasteiger partial charge in [-0.05, 0) is 47.5 Å². The Balaban J connectivity index is 1.71. The van der Waals surface area contributed by atoms with Crippen LogP contribution in [0.15, 0.2) is 48.6 Å². The van der Waals surface area contributed by atoms with E-state index in [0.717, 1.165) is 12.2 Å². The van der Waals surface area contributed by atoms with Crippen LogP contribution in [0.1, 0.15) is 24.0 Å². The lowest BCUT2D eigenvalue weighted by Gasteiger charge is -2.40. The molecule has 1 aliphatic carbocycles. The zero-order valence-electron chi connectivity index (χ0n) is 19.1. The Bertz CT molecular complexity index is 1160. The maximum absolute atomic E-state index is 12.3. The standard InChI is InChI=1S/C25H24O12/c26-15-5-1-13(9-17(15)28)3-7-21(30)36-19-11-25(35,24(33)34)12-20(23(19)32)37-22(31)8-4-14-2-6-16(27)18(29)10-14/h1-10,19-20,23,26-29,32,35H,11-12H2,(H,33,34)/b7-3-,8-4+/t19-,20+,23?,25?/m1/s1. The van der Waals surface area contributed by atoms with Crippen LogP contribution in [-0.2, 0) is 23.9 Å². The number of rotatable bonds is 7. The third-order valence-corrected chi connectivity index (χ3v) is 5.60. The molecule has 2 unspecified atom stereocenters. The Morgan fingerprint density at radius 3 is 1.51 bits per heavy atom. The molecular weight excluding hydrogens is 492 g/mol. The van der Waals surface area contributed by atoms with Crippen molar-refractivity contribution in [3.05, 3.63) is 59.7 Å². The van der Waals surface area contributed by atoms with Crippen molar-refractivity contribution in [2.45, 2.75) is 36.8 Å². The van der Waals surface area contributed by atoms with Crippen molar-refractivity contribution in [2.75, 3.05) is 0 Å². The number of aliphatic hydroxyl groups is 2. The minimum atomic E-state index is -2.48. The van der Waals surface area contributed by atoms with Gasteiger partial charge in [-0.1, -0.05) is 12.1 Å². The summed E-state index contributed by atoms with van der Waals surface area (Å²) in [6, 6.07) is 7.49. The van der Waals surface area contributed by atoms with Crippen LogP contribution in [-0.4, -0.2) is 77.6 Å². The summed E-state index contributed by atoms with van der Waals surface area (Å²) in [7, 11) is 0. The van der Waals surface area contributed by atoms with Crippen LogP contribution >= 0.6 is 0 Å². The number of benzene rings is 2. The Morgan fingerprint density at radius 1 is 0.757 bits per heavy atom. The smallest absolute Gasteiger partial charge is 0.335 e. The summed E-state index contributed by atoms with van der Waals surface area (Å²) >= 11 is 0. The first-order valence-electron chi connectivity index (χ1n) is 10.8. The number of hydrogen-bond donors (Lipinski definition) is 7. The molecule has 1 saturated carbocycles. The highest BCUT2D eigenvalue weighted by atomic mass is 16.6. The summed E-state index contributed by atoms with van der Waals surface area (Å²) < 4.78 is 10.2. The molecule has 7 N–H and O–H groups in total. The normalized spacial score (nSPS) is 23.7. The second-order valence-electron chi connectivity index (χ2n) is 8.35. The van der Waals surface area contributed by atoms with Gasteiger partial charge in [0.1, 0.15) is 18.3 Å². The molecule has 0 radical (unpaired) electrons. The number of phenolic OH excluding ortho intramolecular Hbond substituents is 4. The Labute approximate surface area is 209 Å². The van der Waals surface area contributed by atoms with Crippen molar-refractivity contribution in [3.63, 3.8) is 0 Å². The molecule has 2 aromatic rings. The van der Waals surface area contributed by atoms with Gasteiger partial charge in [0.2, 0.25) is 0 Å². The fraction of sp³-hybridized carbons (Fsp3) is 0.240. The molecule has 12 heteroatoms. The van der Waals surface area contributed by atoms with Gasteiger partial charge in [0.15, 0.2) is 28.6 Å². The van der Waals surface area contributed by atoms with E-state index in [1.165, 1.54) is 48.6 Å². The van der Waals surface area contributed by atoms with E-state index in [0.29, 0.717) is 11.1 Å². The number of esters is 2. The van der Waals surface area contributed by atoms with Crippen LogP contribution < -0.4 is 0 Å². The highest BCUT2D eigenvalue weighted by Gasteiger charge is 2.52. The summed E-state index contributed by atoms with van der Waals surface area (Å²) in [5.74, 6) is -5.31. The first kappa shape index (κ1) is 27.0. The lowest BCUT2D eigenvalue weighted by molar-refractivity contribution is -0.203. The summed E-state index contributed by atoms with van der Waals surface area (Å²) in [5, 5.41) is 68.3. The van der Waals surface area contributed by atoms with Gasteiger partial charge in [0, 0.05) is 25.0 Å². The second-order valence-corrected chi connectivity index (χ2v) is 8.35. The van der Waals surface area contributed by atoms with Crippen molar-refractivity contribution in [1.29, 1.82) is 0 Å². The summed E-state index contributed by atoms with van der Waals surface area (Å²) in [5.41, 5.74) is -1.84. The maximum Gasteiger partial charge on any atom is 0.335 e. The third kappa shape index (κ3) is 6.78. The number of carboxylic acids is 1. The van der Waals surface area contributed by atoms with E-state index in [9.17, 15) is 50.1 Å². The lowest BCUT2D eigenvalue weighted by Crippen LogP contribution is -2.58. The molecule has 0 spiro atoms. The largest absolute Gasteiger partial charge is 0.504 e. The van der Waals surface area contributed by atoms with Gasteiger partial charge in [-0.2, -0.15) is 0 Å². The molecule has 4 atom stereocenters. The Morgan fingerprint density at radius 2 is 1.16 bits per heavy atom. The molecular formula is C25H24O12. The first-order chi connectivity index (χ1) is 17.4. The van der Waals surface area contributed by atoms with E-state index in [1.807, 2.05) is 0 Å². The predicted octanol–water partition coefficient (Wildman–Crippen LogP) is 1.03. The van der Waals surface area contributed by atoms with Crippen molar-refractivity contribution in [1.82, 2.24) is 0 Å². The number of ether oxygens (including phenoxy) is 2. The topological polar surface area (TPSA) is 211 Å². The number of aliphatic carboxylic acids is 1. The summed E-state index contributed by atoms with van der Waals surface area (Å²) in [4.78, 5) is 36.2. The van der Waals surface area contributed by atoms with Gasteiger partial charge >= 0.3 is 17.9 Å². The van der Waals surface area contributed by atoms with Crippen LogP contribution in [0.5, 0.6) is 23.0 Å². The zero-order valence-corrected chi connectivity index (χ0v) is 19.1. The number of carboxylic acid groups (broad SMARTS) is 1. The predicted molar refractivity (Wildman–Crippen MR) is 125 cm³/mol. The summed E-state index contributed by atoms with van der Waals surface area (Å²) in [6.07, 6.45) is -1.86. The number of phenols is 4. The quantitative estimate of drug-likeness (QED) is 0.156. The van der Waals surface area contributed by atoms with Crippen LogP contribution in [0.4, 0.5) is 0 Å². The Kier molecular flexibility index (Phi) is 8.05. The molecule has 37 heavy (non-hydrogen) atoms. The van der Waals surface area contributed by atoms with E-state index >= 15 is 0 Å². The molecule has 1 aliphatic rings. The van der Waals surface area contributed by atoms with Crippen molar-refractivity contribution < 1.29 is 59.6 Å². The Hall–Kier alpha value is -4.55. The second kappa shape index (κ2) is 11.0. The number of carbonyl (C=O) groups is 3. The average molecular weight is 516 g/mol. The minimum Gasteiger partial charge on any atom is -0.504 e. The highest BCUT2D eigenvalue weighted by Crippen LogP contribution is 2.33. The first-order valence-corrected chi connectivity index (χ1v) is 10.8. The van der Waals surface area contributed by atoms with Crippen molar-refractivity contribution in [2.24, 2.45) is 0 Å². The van der Waals surface area contributed by atoms with Crippen molar-refractivity contribution >= 4 is 30.1 Å². The number of carbonyl (C=O) groups excluding carboxylic acids is 2. The molecule has 2 aromatic carbocycles. The van der Waals surface area contributed by atoms with E-state index in [4.69, 9.17) is 9.47 Å². The van der Waals surface area contributed by atoms with E-state index < -0.39 is 66.2 Å². The minimum absolute atomic E-state index is 0.319. The molecule has 196 valence electrons. The zero-order chi connectivity index (χ0) is 27.3. The molecule has 0 bridgehead atoms. The van der Waals surface area contributed by atoms with Gasteiger partial charge < -0.3 is 45.2 Å². The lowest BCUT2D eigenvalue weighted by atomic mass is 9.79. The van der Waals surface area contributed by atoms with E-state index in [1.54, 1.807) is 0 Å². The number of aliphatic hydroxyl groups excluding tert-OH is 1. The number of hydrogen-bond acceptors (Lipinski definition) is 11. The van der Waals surface area contributed by atoms with Gasteiger partial charge in [0.05, 0.1) is 0 Å². The molecule has 12 nitrogen and oxygen atoms in total. The third-order valence-electron chi connectivity index (χ3n) is 5.60. The summed E-state index contributed by atoms with van der Waals surface area (Å²) in [6.45, 7) is 0. The van der Waals surface area contributed by atoms with Crippen molar-refractivity contribution in [3.8, 4) is 23.0 Å². The van der Waals surface area contributed by atoms with Crippen LogP contribution in [0.2, 0.25) is 0 Å². The van der Waals surface area contributed by atoms with Crippen LogP contribution in [0.25, 0.3) is 12.2 Å². The average Bonchev–Trinajstić information content (AvgIpc) is 2.83. The molecule has 0 aliphatic heterocycles. The van der Waals surface area contributed by atoms with Gasteiger partial charge in [-0.25, -0.2) is 14.4 Å². The molecule has 1 fully saturated rings.